The van der Waals surface area contributed by atoms with Crippen molar-refractivity contribution in [2.75, 3.05) is 18.4 Å². The average Bonchev–Trinajstić information content (AvgIpc) is 3.03. The Morgan fingerprint density at radius 3 is 2.47 bits per heavy atom. The Morgan fingerprint density at radius 2 is 1.77 bits per heavy atom. The number of benzene rings is 2. The summed E-state index contributed by atoms with van der Waals surface area (Å²) < 4.78 is 0. The first kappa shape index (κ1) is 21.1. The molecule has 1 saturated heterocycles. The lowest BCUT2D eigenvalue weighted by Crippen LogP contribution is -2.35. The number of thiophene rings is 1. The molecule has 30 heavy (non-hydrogen) atoms. The molecule has 1 N–H and O–H groups in total. The van der Waals surface area contributed by atoms with Gasteiger partial charge in [-0.3, -0.25) is 9.69 Å². The molecule has 2 aromatic carbocycles. The fraction of sp³-hybridized carbons (Fsp3) is 0.320. The van der Waals surface area contributed by atoms with Gasteiger partial charge in [-0.25, -0.2) is 0 Å². The van der Waals surface area contributed by atoms with Crippen LogP contribution in [-0.4, -0.2) is 23.9 Å². The smallest absolute Gasteiger partial charge is 0.256 e. The molecule has 1 aromatic heterocycles. The van der Waals surface area contributed by atoms with Crippen molar-refractivity contribution >= 4 is 33.8 Å². The molecule has 3 aromatic rings. The number of hydrogen-bond donors (Lipinski definition) is 1. The average molecular weight is 439 g/mol. The van der Waals surface area contributed by atoms with Crippen molar-refractivity contribution in [1.29, 1.82) is 0 Å². The van der Waals surface area contributed by atoms with Gasteiger partial charge in [0.2, 0.25) is 0 Å². The van der Waals surface area contributed by atoms with E-state index >= 15 is 0 Å². The van der Waals surface area contributed by atoms with E-state index in [0.717, 1.165) is 23.1 Å². The van der Waals surface area contributed by atoms with Crippen LogP contribution in [0.15, 0.2) is 54.6 Å². The quantitative estimate of drug-likeness (QED) is 0.472. The Labute approximate surface area is 187 Å². The number of hydrogen-bond acceptors (Lipinski definition) is 3. The van der Waals surface area contributed by atoms with Crippen LogP contribution in [0.25, 0.3) is 0 Å². The maximum atomic E-state index is 12.9. The highest BCUT2D eigenvalue weighted by Crippen LogP contribution is 2.43. The summed E-state index contributed by atoms with van der Waals surface area (Å²) in [6.45, 7) is 6.41. The van der Waals surface area contributed by atoms with Crippen LogP contribution >= 0.6 is 22.9 Å². The van der Waals surface area contributed by atoms with Crippen molar-refractivity contribution in [2.45, 2.75) is 39.2 Å². The molecule has 1 atom stereocenters. The van der Waals surface area contributed by atoms with Gasteiger partial charge in [-0.15, -0.1) is 11.3 Å². The van der Waals surface area contributed by atoms with Gasteiger partial charge in [0.15, 0.2) is 0 Å². The largest absolute Gasteiger partial charge is 0.313 e. The summed E-state index contributed by atoms with van der Waals surface area (Å²) in [6, 6.07) is 17.6. The maximum Gasteiger partial charge on any atom is 0.256 e. The van der Waals surface area contributed by atoms with Gasteiger partial charge in [-0.1, -0.05) is 48.4 Å². The lowest BCUT2D eigenvalue weighted by molar-refractivity contribution is 0.102. The fourth-order valence-corrected chi connectivity index (χ4v) is 5.53. The molecule has 1 aliphatic heterocycles. The molecule has 0 radical (unpaired) electrons. The summed E-state index contributed by atoms with van der Waals surface area (Å²) >= 11 is 8.04. The van der Waals surface area contributed by atoms with Crippen LogP contribution in [0, 0.1) is 13.8 Å². The van der Waals surface area contributed by atoms with E-state index in [1.54, 1.807) is 11.3 Å². The molecule has 1 amide bonds. The van der Waals surface area contributed by atoms with Crippen LogP contribution in [0.2, 0.25) is 5.02 Å². The van der Waals surface area contributed by atoms with Crippen LogP contribution in [0.1, 0.15) is 57.2 Å². The number of piperidine rings is 1. The minimum Gasteiger partial charge on any atom is -0.313 e. The number of anilines is 1. The van der Waals surface area contributed by atoms with Gasteiger partial charge in [0, 0.05) is 21.0 Å². The highest BCUT2D eigenvalue weighted by molar-refractivity contribution is 7.16. The van der Waals surface area contributed by atoms with E-state index in [1.165, 1.54) is 40.8 Å². The van der Waals surface area contributed by atoms with Crippen LogP contribution in [0.3, 0.4) is 0 Å². The zero-order valence-electron chi connectivity index (χ0n) is 17.5. The number of nitrogens with zero attached hydrogens (tertiary/aromatic N) is 1. The van der Waals surface area contributed by atoms with Crippen molar-refractivity contribution in [3.8, 4) is 0 Å². The summed E-state index contributed by atoms with van der Waals surface area (Å²) in [5.74, 6) is -0.0680. The number of nitrogens with one attached hydrogen (secondary N) is 1. The normalized spacial score (nSPS) is 15.7. The molecule has 1 fully saturated rings. The first-order valence-electron chi connectivity index (χ1n) is 10.5. The number of carbonyl (C=O) groups excluding carboxylic acids is 1. The second-order valence-corrected chi connectivity index (χ2v) is 9.56. The van der Waals surface area contributed by atoms with E-state index in [9.17, 15) is 4.79 Å². The number of carbonyl (C=O) groups is 1. The Hall–Kier alpha value is -2.14. The Bertz CT molecular complexity index is 1020. The van der Waals surface area contributed by atoms with E-state index in [1.807, 2.05) is 42.5 Å². The van der Waals surface area contributed by atoms with Gasteiger partial charge in [0.05, 0.1) is 6.04 Å². The topological polar surface area (TPSA) is 32.3 Å². The molecule has 0 unspecified atom stereocenters. The Kier molecular flexibility index (Phi) is 6.57. The fourth-order valence-electron chi connectivity index (χ4n) is 4.24. The summed E-state index contributed by atoms with van der Waals surface area (Å²) in [6.07, 6.45) is 3.67. The number of amides is 1. The van der Waals surface area contributed by atoms with E-state index in [0.29, 0.717) is 5.56 Å². The zero-order chi connectivity index (χ0) is 21.1. The summed E-state index contributed by atoms with van der Waals surface area (Å²) in [5.41, 5.74) is 4.30. The van der Waals surface area contributed by atoms with Crippen LogP contribution in [0.5, 0.6) is 0 Å². The van der Waals surface area contributed by atoms with Gasteiger partial charge in [-0.2, -0.15) is 0 Å². The third-order valence-electron chi connectivity index (χ3n) is 5.89. The molecule has 0 spiro atoms. The van der Waals surface area contributed by atoms with Gasteiger partial charge in [0.1, 0.15) is 5.00 Å². The van der Waals surface area contributed by atoms with Crippen molar-refractivity contribution in [1.82, 2.24) is 4.90 Å². The standard InChI is InChI=1S/C25H27ClN2OS/c1-17-18(2)30-25(27-24(29)19-10-5-3-6-11-19)22(17)23(28-14-7-4-8-15-28)20-12-9-13-21(26)16-20/h3,5-6,9-13,16,23H,4,7-8,14-15H2,1-2H3,(H,27,29)/t23-/m0/s1. The summed E-state index contributed by atoms with van der Waals surface area (Å²) in [5, 5.41) is 4.90. The molecular formula is C25H27ClN2OS. The molecule has 1 aliphatic rings. The molecule has 0 aliphatic carbocycles. The summed E-state index contributed by atoms with van der Waals surface area (Å²) in [4.78, 5) is 16.7. The maximum absolute atomic E-state index is 12.9. The molecule has 156 valence electrons. The van der Waals surface area contributed by atoms with Gasteiger partial charge in [0.25, 0.3) is 5.91 Å². The van der Waals surface area contributed by atoms with E-state index < -0.39 is 0 Å². The van der Waals surface area contributed by atoms with E-state index in [4.69, 9.17) is 11.6 Å². The predicted molar refractivity (Wildman–Crippen MR) is 127 cm³/mol. The highest BCUT2D eigenvalue weighted by atomic mass is 35.5. The first-order chi connectivity index (χ1) is 14.5. The molecule has 5 heteroatoms. The molecule has 3 nitrogen and oxygen atoms in total. The minimum absolute atomic E-state index is 0.0680. The lowest BCUT2D eigenvalue weighted by Gasteiger charge is -2.36. The molecular weight excluding hydrogens is 412 g/mol. The molecule has 4 rings (SSSR count). The number of aryl methyl sites for hydroxylation is 1. The zero-order valence-corrected chi connectivity index (χ0v) is 19.0. The van der Waals surface area contributed by atoms with Crippen molar-refractivity contribution in [3.05, 3.63) is 86.8 Å². The monoisotopic (exact) mass is 438 g/mol. The number of rotatable bonds is 5. The Balaban J connectivity index is 1.77. The van der Waals surface area contributed by atoms with Gasteiger partial charge >= 0.3 is 0 Å². The van der Waals surface area contributed by atoms with Crippen molar-refractivity contribution < 1.29 is 4.79 Å². The Morgan fingerprint density at radius 1 is 1.03 bits per heavy atom. The van der Waals surface area contributed by atoms with Crippen LogP contribution in [-0.2, 0) is 0 Å². The molecule has 0 bridgehead atoms. The van der Waals surface area contributed by atoms with Gasteiger partial charge in [-0.05, 0) is 75.2 Å². The third-order valence-corrected chi connectivity index (χ3v) is 7.26. The molecule has 0 saturated carbocycles. The van der Waals surface area contributed by atoms with Crippen LogP contribution < -0.4 is 5.32 Å². The van der Waals surface area contributed by atoms with E-state index in [2.05, 4.69) is 36.2 Å². The lowest BCUT2D eigenvalue weighted by atomic mass is 9.93. The summed E-state index contributed by atoms with van der Waals surface area (Å²) in [7, 11) is 0. The number of halogens is 1. The SMILES string of the molecule is Cc1sc(NC(=O)c2ccccc2)c([C@H](c2cccc(Cl)c2)N2CCCCC2)c1C. The number of likely N-dealkylation sites (tertiary alicyclic amines) is 1. The van der Waals surface area contributed by atoms with Gasteiger partial charge < -0.3 is 5.32 Å². The second-order valence-electron chi connectivity index (χ2n) is 7.90. The first-order valence-corrected chi connectivity index (χ1v) is 11.7. The highest BCUT2D eigenvalue weighted by Gasteiger charge is 2.30. The predicted octanol–water partition coefficient (Wildman–Crippen LogP) is 6.85. The van der Waals surface area contributed by atoms with Crippen molar-refractivity contribution in [3.63, 3.8) is 0 Å². The van der Waals surface area contributed by atoms with Crippen molar-refractivity contribution in [2.24, 2.45) is 0 Å². The van der Waals surface area contributed by atoms with E-state index in [-0.39, 0.29) is 11.9 Å². The molecule has 2 heterocycles. The van der Waals surface area contributed by atoms with Crippen LogP contribution in [0.4, 0.5) is 5.00 Å². The third kappa shape index (κ3) is 4.46. The minimum atomic E-state index is -0.0680. The second kappa shape index (κ2) is 9.34.